The Labute approximate surface area is 122 Å². The van der Waals surface area contributed by atoms with Crippen molar-refractivity contribution in [2.24, 2.45) is 5.73 Å². The molecule has 0 aromatic carbocycles. The molecule has 1 aromatic heterocycles. The topological polar surface area (TPSA) is 86.3 Å². The molecule has 3 N–H and O–H groups in total. The standard InChI is InChI=1S/C12H19F2N3O3S/c13-12(14)8-20-4-3-16-21(18,19)11-5-10(6-15)17(7-11)9-1-2-9/h5,7,9,12,16H,1-4,6,8,15H2. The summed E-state index contributed by atoms with van der Waals surface area (Å²) in [5.74, 6) is 0. The molecule has 6 nitrogen and oxygen atoms in total. The number of alkyl halides is 2. The van der Waals surface area contributed by atoms with Gasteiger partial charge in [-0.1, -0.05) is 0 Å². The molecular weight excluding hydrogens is 304 g/mol. The largest absolute Gasteiger partial charge is 0.374 e. The highest BCUT2D eigenvalue weighted by Crippen LogP contribution is 2.37. The number of halogens is 2. The zero-order valence-electron chi connectivity index (χ0n) is 11.5. The Morgan fingerprint density at radius 3 is 2.76 bits per heavy atom. The van der Waals surface area contributed by atoms with Gasteiger partial charge >= 0.3 is 0 Å². The van der Waals surface area contributed by atoms with E-state index in [4.69, 9.17) is 5.73 Å². The van der Waals surface area contributed by atoms with Gasteiger partial charge in [0.2, 0.25) is 10.0 Å². The number of rotatable bonds is 9. The summed E-state index contributed by atoms with van der Waals surface area (Å²) < 4.78 is 56.7. The average molecular weight is 323 g/mol. The third kappa shape index (κ3) is 4.47. The fourth-order valence-corrected chi connectivity index (χ4v) is 3.07. The number of sulfonamides is 1. The van der Waals surface area contributed by atoms with Crippen molar-refractivity contribution in [2.45, 2.75) is 36.7 Å². The van der Waals surface area contributed by atoms with Crippen LogP contribution in [0.4, 0.5) is 8.78 Å². The maximum Gasteiger partial charge on any atom is 0.261 e. The van der Waals surface area contributed by atoms with E-state index in [9.17, 15) is 17.2 Å². The summed E-state index contributed by atoms with van der Waals surface area (Å²) in [5, 5.41) is 0. The van der Waals surface area contributed by atoms with Crippen LogP contribution in [0.1, 0.15) is 24.6 Å². The highest BCUT2D eigenvalue weighted by Gasteiger charge is 2.27. The van der Waals surface area contributed by atoms with E-state index in [0.29, 0.717) is 6.04 Å². The Hall–Kier alpha value is -1.03. The molecule has 1 aliphatic rings. The van der Waals surface area contributed by atoms with Crippen molar-refractivity contribution in [1.82, 2.24) is 9.29 Å². The molecule has 9 heteroatoms. The van der Waals surface area contributed by atoms with Gasteiger partial charge in [0.1, 0.15) is 6.61 Å². The van der Waals surface area contributed by atoms with Gasteiger partial charge < -0.3 is 15.0 Å². The summed E-state index contributed by atoms with van der Waals surface area (Å²) in [7, 11) is -3.67. The summed E-state index contributed by atoms with van der Waals surface area (Å²) >= 11 is 0. The molecule has 1 fully saturated rings. The first kappa shape index (κ1) is 16.3. The number of hydrogen-bond donors (Lipinski definition) is 2. The van der Waals surface area contributed by atoms with Crippen LogP contribution in [-0.4, -0.2) is 39.2 Å². The van der Waals surface area contributed by atoms with E-state index in [1.807, 2.05) is 4.57 Å². The van der Waals surface area contributed by atoms with Gasteiger partial charge in [-0.25, -0.2) is 21.9 Å². The second-order valence-electron chi connectivity index (χ2n) is 4.87. The zero-order valence-corrected chi connectivity index (χ0v) is 12.3. The molecule has 0 radical (unpaired) electrons. The van der Waals surface area contributed by atoms with Crippen LogP contribution >= 0.6 is 0 Å². The van der Waals surface area contributed by atoms with E-state index in [0.717, 1.165) is 18.5 Å². The fraction of sp³-hybridized carbons (Fsp3) is 0.667. The number of nitrogens with one attached hydrogen (secondary N) is 1. The highest BCUT2D eigenvalue weighted by molar-refractivity contribution is 7.89. The minimum absolute atomic E-state index is 0.0539. The summed E-state index contributed by atoms with van der Waals surface area (Å²) in [5.41, 5.74) is 6.38. The predicted molar refractivity (Wildman–Crippen MR) is 72.6 cm³/mol. The lowest BCUT2D eigenvalue weighted by Gasteiger charge is -2.06. The number of nitrogens with zero attached hydrogens (tertiary/aromatic N) is 1. The van der Waals surface area contributed by atoms with E-state index in [-0.39, 0.29) is 24.6 Å². The number of ether oxygens (including phenoxy) is 1. The van der Waals surface area contributed by atoms with E-state index in [2.05, 4.69) is 9.46 Å². The first-order valence-corrected chi connectivity index (χ1v) is 8.18. The summed E-state index contributed by atoms with van der Waals surface area (Å²) in [4.78, 5) is 0.142. The average Bonchev–Trinajstić information content (AvgIpc) is 3.16. The fourth-order valence-electron chi connectivity index (χ4n) is 2.00. The monoisotopic (exact) mass is 323 g/mol. The Kier molecular flexibility index (Phi) is 5.31. The van der Waals surface area contributed by atoms with Crippen molar-refractivity contribution < 1.29 is 21.9 Å². The molecule has 0 saturated heterocycles. The minimum atomic E-state index is -3.67. The van der Waals surface area contributed by atoms with Crippen LogP contribution in [0, 0.1) is 0 Å². The molecule has 1 saturated carbocycles. The quantitative estimate of drug-likeness (QED) is 0.660. The lowest BCUT2D eigenvalue weighted by Crippen LogP contribution is -2.27. The van der Waals surface area contributed by atoms with Crippen LogP contribution in [0.2, 0.25) is 0 Å². The first-order chi connectivity index (χ1) is 9.94. The van der Waals surface area contributed by atoms with E-state index >= 15 is 0 Å². The van der Waals surface area contributed by atoms with Gasteiger partial charge in [-0.15, -0.1) is 0 Å². The summed E-state index contributed by atoms with van der Waals surface area (Å²) in [6, 6.07) is 1.88. The normalized spacial score (nSPS) is 15.8. The maximum atomic E-state index is 12.1. The molecule has 1 aromatic rings. The second kappa shape index (κ2) is 6.82. The molecule has 0 aliphatic heterocycles. The van der Waals surface area contributed by atoms with Crippen molar-refractivity contribution in [3.05, 3.63) is 18.0 Å². The Morgan fingerprint density at radius 2 is 2.19 bits per heavy atom. The Morgan fingerprint density at radius 1 is 1.48 bits per heavy atom. The van der Waals surface area contributed by atoms with Crippen LogP contribution in [0.25, 0.3) is 0 Å². The van der Waals surface area contributed by atoms with Gasteiger partial charge in [0, 0.05) is 31.0 Å². The van der Waals surface area contributed by atoms with Crippen LogP contribution < -0.4 is 10.5 Å². The van der Waals surface area contributed by atoms with E-state index in [1.165, 1.54) is 0 Å². The summed E-state index contributed by atoms with van der Waals surface area (Å²) in [6.45, 7) is -0.584. The molecule has 21 heavy (non-hydrogen) atoms. The predicted octanol–water partition coefficient (Wildman–Crippen LogP) is 0.842. The number of aromatic nitrogens is 1. The molecule has 0 bridgehead atoms. The Balaban J connectivity index is 1.93. The van der Waals surface area contributed by atoms with Crippen molar-refractivity contribution in [2.75, 3.05) is 19.8 Å². The third-order valence-corrected chi connectivity index (χ3v) is 4.58. The molecule has 1 aliphatic carbocycles. The van der Waals surface area contributed by atoms with E-state index < -0.39 is 23.1 Å². The molecule has 0 atom stereocenters. The minimum Gasteiger partial charge on any atom is -0.374 e. The van der Waals surface area contributed by atoms with Gasteiger partial charge in [-0.2, -0.15) is 0 Å². The molecule has 0 amide bonds. The molecule has 2 rings (SSSR count). The lowest BCUT2D eigenvalue weighted by molar-refractivity contribution is 0.0199. The highest BCUT2D eigenvalue weighted by atomic mass is 32.2. The first-order valence-electron chi connectivity index (χ1n) is 6.70. The lowest BCUT2D eigenvalue weighted by atomic mass is 10.4. The van der Waals surface area contributed by atoms with Crippen molar-refractivity contribution in [1.29, 1.82) is 0 Å². The van der Waals surface area contributed by atoms with Gasteiger partial charge in [-0.3, -0.25) is 0 Å². The van der Waals surface area contributed by atoms with Crippen LogP contribution in [0.15, 0.2) is 17.2 Å². The second-order valence-corrected chi connectivity index (χ2v) is 6.64. The van der Waals surface area contributed by atoms with Gasteiger partial charge in [0.25, 0.3) is 6.43 Å². The number of hydrogen-bond acceptors (Lipinski definition) is 4. The van der Waals surface area contributed by atoms with E-state index in [1.54, 1.807) is 12.3 Å². The Bertz CT molecular complexity index is 570. The molecule has 0 unspecified atom stereocenters. The van der Waals surface area contributed by atoms with Crippen LogP contribution in [0.3, 0.4) is 0 Å². The van der Waals surface area contributed by atoms with Crippen LogP contribution in [-0.2, 0) is 21.3 Å². The van der Waals surface area contributed by atoms with Crippen molar-refractivity contribution in [3.63, 3.8) is 0 Å². The molecule has 0 spiro atoms. The van der Waals surface area contributed by atoms with Crippen molar-refractivity contribution >= 4 is 10.0 Å². The smallest absolute Gasteiger partial charge is 0.261 e. The molecular formula is C12H19F2N3O3S. The van der Waals surface area contributed by atoms with Gasteiger partial charge in [0.15, 0.2) is 0 Å². The molecule has 120 valence electrons. The number of nitrogens with two attached hydrogens (primary N) is 1. The van der Waals surface area contributed by atoms with Crippen molar-refractivity contribution in [3.8, 4) is 0 Å². The third-order valence-electron chi connectivity index (χ3n) is 3.15. The maximum absolute atomic E-state index is 12.1. The zero-order chi connectivity index (χ0) is 15.5. The van der Waals surface area contributed by atoms with Gasteiger partial charge in [0.05, 0.1) is 11.5 Å². The SMILES string of the molecule is NCc1cc(S(=O)(=O)NCCOCC(F)F)cn1C1CC1. The van der Waals surface area contributed by atoms with Gasteiger partial charge in [-0.05, 0) is 18.9 Å². The molecule has 1 heterocycles. The summed E-state index contributed by atoms with van der Waals surface area (Å²) in [6.07, 6.45) is 1.07. The van der Waals surface area contributed by atoms with Crippen LogP contribution in [0.5, 0.6) is 0 Å².